The van der Waals surface area contributed by atoms with Gasteiger partial charge in [-0.05, 0) is 6.07 Å². The van der Waals surface area contributed by atoms with Crippen LogP contribution in [0.5, 0.6) is 23.0 Å². The van der Waals surface area contributed by atoms with Crippen molar-refractivity contribution in [1.82, 2.24) is 4.98 Å². The maximum absolute atomic E-state index is 5.43. The lowest BCUT2D eigenvalue weighted by Gasteiger charge is -2.11. The van der Waals surface area contributed by atoms with Crippen LogP contribution in [-0.2, 0) is 0 Å². The first-order chi connectivity index (χ1) is 7.86. The van der Waals surface area contributed by atoms with Crippen molar-refractivity contribution in [2.45, 2.75) is 0 Å². The Labute approximate surface area is 91.9 Å². The fourth-order valence-electron chi connectivity index (χ4n) is 1.99. The van der Waals surface area contributed by atoms with Crippen LogP contribution in [0.4, 0.5) is 0 Å². The minimum absolute atomic E-state index is 0.207. The summed E-state index contributed by atoms with van der Waals surface area (Å²) < 4.78 is 21.5. The quantitative estimate of drug-likeness (QED) is 0.841. The number of benzene rings is 1. The summed E-state index contributed by atoms with van der Waals surface area (Å²) in [5.41, 5.74) is 0.851. The monoisotopic (exact) mass is 221 g/mol. The molecule has 1 N–H and O–H groups in total. The Morgan fingerprint density at radius 1 is 1.12 bits per heavy atom. The second-order valence-corrected chi connectivity index (χ2v) is 3.40. The predicted molar refractivity (Wildman–Crippen MR) is 57.5 cm³/mol. The molecular formula is C11H11NO4. The molecule has 0 aliphatic carbocycles. The molecule has 0 saturated carbocycles. The van der Waals surface area contributed by atoms with Gasteiger partial charge in [-0.25, -0.2) is 0 Å². The average molecular weight is 221 g/mol. The molecule has 2 heterocycles. The zero-order valence-electron chi connectivity index (χ0n) is 8.99. The molecule has 5 nitrogen and oxygen atoms in total. The summed E-state index contributed by atoms with van der Waals surface area (Å²) in [5, 5.41) is 0.935. The summed E-state index contributed by atoms with van der Waals surface area (Å²) in [4.78, 5) is 3.10. The number of ether oxygens (including phenoxy) is 4. The highest BCUT2D eigenvalue weighted by atomic mass is 16.7. The largest absolute Gasteiger partial charge is 0.491 e. The summed E-state index contributed by atoms with van der Waals surface area (Å²) in [5.74, 6) is 2.50. The van der Waals surface area contributed by atoms with E-state index in [0.717, 1.165) is 10.9 Å². The molecule has 0 atom stereocenters. The second-order valence-electron chi connectivity index (χ2n) is 3.40. The van der Waals surface area contributed by atoms with Crippen LogP contribution in [0.3, 0.4) is 0 Å². The maximum Gasteiger partial charge on any atom is 0.231 e. The first-order valence-corrected chi connectivity index (χ1v) is 4.87. The highest BCUT2D eigenvalue weighted by molar-refractivity contribution is 5.97. The number of fused-ring (bicyclic) bond motifs is 3. The van der Waals surface area contributed by atoms with Gasteiger partial charge in [0.2, 0.25) is 18.3 Å². The van der Waals surface area contributed by atoms with Gasteiger partial charge in [0, 0.05) is 11.6 Å². The van der Waals surface area contributed by atoms with Gasteiger partial charge in [-0.1, -0.05) is 0 Å². The molecule has 2 aromatic rings. The highest BCUT2D eigenvalue weighted by Gasteiger charge is 2.27. The van der Waals surface area contributed by atoms with E-state index in [-0.39, 0.29) is 6.79 Å². The van der Waals surface area contributed by atoms with E-state index in [9.17, 15) is 0 Å². The number of hydrogen-bond acceptors (Lipinski definition) is 4. The fraction of sp³-hybridized carbons (Fsp3) is 0.273. The number of hydrogen-bond donors (Lipinski definition) is 1. The van der Waals surface area contributed by atoms with Gasteiger partial charge < -0.3 is 23.9 Å². The summed E-state index contributed by atoms with van der Waals surface area (Å²) in [6.45, 7) is 0.207. The number of H-pyrrole nitrogens is 1. The van der Waals surface area contributed by atoms with Gasteiger partial charge in [0.25, 0.3) is 0 Å². The Hall–Kier alpha value is -2.04. The van der Waals surface area contributed by atoms with Gasteiger partial charge >= 0.3 is 0 Å². The summed E-state index contributed by atoms with van der Waals surface area (Å²) >= 11 is 0. The van der Waals surface area contributed by atoms with Crippen LogP contribution in [0.25, 0.3) is 10.9 Å². The number of rotatable bonds is 2. The fourth-order valence-corrected chi connectivity index (χ4v) is 1.99. The lowest BCUT2D eigenvalue weighted by molar-refractivity contribution is 0.171. The normalized spacial score (nSPS) is 13.1. The minimum Gasteiger partial charge on any atom is -0.491 e. The van der Waals surface area contributed by atoms with Crippen molar-refractivity contribution in [2.24, 2.45) is 0 Å². The topological polar surface area (TPSA) is 52.7 Å². The lowest BCUT2D eigenvalue weighted by atomic mass is 10.2. The summed E-state index contributed by atoms with van der Waals surface area (Å²) in [7, 11) is 3.18. The molecule has 16 heavy (non-hydrogen) atoms. The molecule has 1 aromatic carbocycles. The Balaban J connectivity index is 2.44. The average Bonchev–Trinajstić information content (AvgIpc) is 2.93. The molecule has 1 aromatic heterocycles. The van der Waals surface area contributed by atoms with Gasteiger partial charge in [0.15, 0.2) is 11.5 Å². The second kappa shape index (κ2) is 3.23. The zero-order valence-corrected chi connectivity index (χ0v) is 8.99. The zero-order chi connectivity index (χ0) is 11.1. The smallest absolute Gasteiger partial charge is 0.231 e. The third kappa shape index (κ3) is 0.997. The van der Waals surface area contributed by atoms with Gasteiger partial charge in [-0.15, -0.1) is 0 Å². The van der Waals surface area contributed by atoms with Crippen molar-refractivity contribution in [2.75, 3.05) is 21.0 Å². The third-order valence-corrected chi connectivity index (χ3v) is 2.65. The number of aromatic nitrogens is 1. The van der Waals surface area contributed by atoms with Crippen LogP contribution in [0.1, 0.15) is 0 Å². The van der Waals surface area contributed by atoms with Gasteiger partial charge in [0.1, 0.15) is 0 Å². The Bertz CT molecular complexity index is 546. The molecule has 84 valence electrons. The van der Waals surface area contributed by atoms with E-state index in [0.29, 0.717) is 23.0 Å². The van der Waals surface area contributed by atoms with Gasteiger partial charge in [-0.2, -0.15) is 0 Å². The van der Waals surface area contributed by atoms with E-state index in [1.807, 2.05) is 12.3 Å². The van der Waals surface area contributed by atoms with Crippen molar-refractivity contribution in [3.63, 3.8) is 0 Å². The van der Waals surface area contributed by atoms with E-state index in [2.05, 4.69) is 4.98 Å². The van der Waals surface area contributed by atoms with Crippen molar-refractivity contribution in [1.29, 1.82) is 0 Å². The Kier molecular flexibility index (Phi) is 1.86. The molecule has 0 spiro atoms. The van der Waals surface area contributed by atoms with Crippen LogP contribution in [-0.4, -0.2) is 26.0 Å². The molecule has 0 amide bonds. The number of nitrogens with one attached hydrogen (secondary N) is 1. The van der Waals surface area contributed by atoms with E-state index < -0.39 is 0 Å². The lowest BCUT2D eigenvalue weighted by Crippen LogP contribution is -1.95. The third-order valence-electron chi connectivity index (χ3n) is 2.65. The molecule has 3 rings (SSSR count). The SMILES string of the molecule is COc1c2c(c3cc[nH]c3c1OC)OCO2. The number of aromatic amines is 1. The van der Waals surface area contributed by atoms with E-state index in [4.69, 9.17) is 18.9 Å². The van der Waals surface area contributed by atoms with Crippen molar-refractivity contribution in [3.8, 4) is 23.0 Å². The van der Waals surface area contributed by atoms with Crippen LogP contribution in [0.2, 0.25) is 0 Å². The Morgan fingerprint density at radius 3 is 2.62 bits per heavy atom. The van der Waals surface area contributed by atoms with Crippen molar-refractivity contribution in [3.05, 3.63) is 12.3 Å². The van der Waals surface area contributed by atoms with Crippen LogP contribution in [0, 0.1) is 0 Å². The predicted octanol–water partition coefficient (Wildman–Crippen LogP) is 1.91. The van der Waals surface area contributed by atoms with Gasteiger partial charge in [-0.3, -0.25) is 0 Å². The highest BCUT2D eigenvalue weighted by Crippen LogP contribution is 2.52. The van der Waals surface area contributed by atoms with Crippen LogP contribution < -0.4 is 18.9 Å². The summed E-state index contributed by atoms with van der Waals surface area (Å²) in [6, 6.07) is 1.92. The van der Waals surface area contributed by atoms with Crippen molar-refractivity contribution >= 4 is 10.9 Å². The summed E-state index contributed by atoms with van der Waals surface area (Å²) in [6.07, 6.45) is 1.83. The number of methoxy groups -OCH3 is 2. The molecule has 5 heteroatoms. The molecule has 0 fully saturated rings. The standard InChI is InChI=1S/C11H11NO4/c1-13-9-7-6(3-4-12-7)8-11(10(9)14-2)16-5-15-8/h3-4,12H,5H2,1-2H3. The molecular weight excluding hydrogens is 210 g/mol. The first kappa shape index (κ1) is 9.21. The maximum atomic E-state index is 5.43. The van der Waals surface area contributed by atoms with E-state index in [1.54, 1.807) is 14.2 Å². The Morgan fingerprint density at radius 2 is 1.88 bits per heavy atom. The van der Waals surface area contributed by atoms with E-state index >= 15 is 0 Å². The van der Waals surface area contributed by atoms with Crippen LogP contribution in [0.15, 0.2) is 12.3 Å². The molecule has 1 aliphatic heterocycles. The van der Waals surface area contributed by atoms with Gasteiger partial charge in [0.05, 0.1) is 19.7 Å². The van der Waals surface area contributed by atoms with E-state index in [1.165, 1.54) is 0 Å². The molecule has 0 bridgehead atoms. The molecule has 0 saturated heterocycles. The molecule has 1 aliphatic rings. The molecule has 0 unspecified atom stereocenters. The minimum atomic E-state index is 0.207. The van der Waals surface area contributed by atoms with Crippen molar-refractivity contribution < 1.29 is 18.9 Å². The first-order valence-electron chi connectivity index (χ1n) is 4.87. The molecule has 0 radical (unpaired) electrons. The van der Waals surface area contributed by atoms with Crippen LogP contribution >= 0.6 is 0 Å².